The molecule has 0 radical (unpaired) electrons. The van der Waals surface area contributed by atoms with Gasteiger partial charge >= 0.3 is 12.1 Å². The highest BCUT2D eigenvalue weighted by molar-refractivity contribution is 6.74. The number of hydrogen-bond acceptors (Lipinski definition) is 5. The zero-order valence-corrected chi connectivity index (χ0v) is 20.4. The minimum absolute atomic E-state index is 0.00375. The summed E-state index contributed by atoms with van der Waals surface area (Å²) in [4.78, 5) is 27.0. The summed E-state index contributed by atoms with van der Waals surface area (Å²) < 4.78 is 17.1. The first-order valence-electron chi connectivity index (χ1n) is 10.1. The first-order valence-corrected chi connectivity index (χ1v) is 13.0. The fraction of sp³-hybridized carbons (Fsp3) is 0.810. The summed E-state index contributed by atoms with van der Waals surface area (Å²) in [5.74, 6) is 0.230. The van der Waals surface area contributed by atoms with Crippen LogP contribution in [0.5, 0.6) is 0 Å². The van der Waals surface area contributed by atoms with E-state index in [-0.39, 0.29) is 17.6 Å². The van der Waals surface area contributed by atoms with E-state index in [1.807, 2.05) is 20.8 Å². The Morgan fingerprint density at radius 3 is 2.14 bits per heavy atom. The molecule has 1 rings (SSSR count). The average Bonchev–Trinajstić information content (AvgIpc) is 2.51. The van der Waals surface area contributed by atoms with Gasteiger partial charge in [0.25, 0.3) is 0 Å². The number of hydrogen-bond donors (Lipinski definition) is 0. The van der Waals surface area contributed by atoms with Gasteiger partial charge in [0.2, 0.25) is 8.32 Å². The number of esters is 1. The van der Waals surface area contributed by atoms with Crippen molar-refractivity contribution >= 4 is 20.4 Å². The van der Waals surface area contributed by atoms with Gasteiger partial charge in [-0.15, -0.1) is 0 Å². The molecule has 1 heterocycles. The molecule has 1 aliphatic heterocycles. The molecule has 0 spiro atoms. The van der Waals surface area contributed by atoms with E-state index in [1.54, 1.807) is 4.90 Å². The molecule has 1 atom stereocenters. The molecule has 1 amide bonds. The number of carbonyl (C=O) groups is 2. The van der Waals surface area contributed by atoms with Crippen LogP contribution in [-0.2, 0) is 18.7 Å². The predicted octanol–water partition coefficient (Wildman–Crippen LogP) is 5.24. The molecular formula is C21H39NO5Si. The van der Waals surface area contributed by atoms with Gasteiger partial charge in [-0.1, -0.05) is 34.1 Å². The van der Waals surface area contributed by atoms with Crippen LogP contribution in [0.25, 0.3) is 0 Å². The summed E-state index contributed by atoms with van der Waals surface area (Å²) in [7, 11) is -0.777. The van der Waals surface area contributed by atoms with E-state index in [4.69, 9.17) is 13.9 Å². The van der Waals surface area contributed by atoms with Gasteiger partial charge in [-0.3, -0.25) is 0 Å². The smallest absolute Gasteiger partial charge is 0.410 e. The quantitative estimate of drug-likeness (QED) is 0.455. The molecule has 0 saturated carbocycles. The average molecular weight is 414 g/mol. The second kappa shape index (κ2) is 8.89. The molecule has 7 heteroatoms. The van der Waals surface area contributed by atoms with Gasteiger partial charge in [0.15, 0.2) is 0 Å². The lowest BCUT2D eigenvalue weighted by Crippen LogP contribution is -2.50. The number of rotatable bonds is 5. The molecule has 0 bridgehead atoms. The third kappa shape index (κ3) is 6.26. The van der Waals surface area contributed by atoms with Gasteiger partial charge in [0.05, 0.1) is 25.0 Å². The Balaban J connectivity index is 3.31. The van der Waals surface area contributed by atoms with Crippen LogP contribution in [0.1, 0.15) is 67.7 Å². The lowest BCUT2D eigenvalue weighted by Gasteiger charge is -2.42. The van der Waals surface area contributed by atoms with Crippen molar-refractivity contribution in [2.24, 2.45) is 0 Å². The first kappa shape index (κ1) is 24.5. The van der Waals surface area contributed by atoms with Crippen molar-refractivity contribution in [1.82, 2.24) is 4.90 Å². The molecular weight excluding hydrogens is 374 g/mol. The standard InChI is InChI=1S/C21H39NO5Si/c1-11-12-15-13-17(27-28(9,10)21(5,6)7)16(18(23)25-8)14-22(15)19(24)26-20(2,3)4/h15H,11-14H2,1-10H3/t15-/m1/s1. The Morgan fingerprint density at radius 2 is 1.71 bits per heavy atom. The summed E-state index contributed by atoms with van der Waals surface area (Å²) in [6.45, 7) is 18.6. The molecule has 0 aliphatic carbocycles. The predicted molar refractivity (Wildman–Crippen MR) is 114 cm³/mol. The van der Waals surface area contributed by atoms with Crippen LogP contribution in [0, 0.1) is 0 Å². The third-order valence-electron chi connectivity index (χ3n) is 5.39. The molecule has 0 aromatic carbocycles. The number of nitrogens with zero attached hydrogens (tertiary/aromatic N) is 1. The van der Waals surface area contributed by atoms with Crippen LogP contribution in [0.4, 0.5) is 4.79 Å². The van der Waals surface area contributed by atoms with E-state index < -0.39 is 26.0 Å². The lowest BCUT2D eigenvalue weighted by molar-refractivity contribution is -0.136. The van der Waals surface area contributed by atoms with Crippen molar-refractivity contribution in [3.63, 3.8) is 0 Å². The monoisotopic (exact) mass is 413 g/mol. The largest absolute Gasteiger partial charge is 0.546 e. The highest BCUT2D eigenvalue weighted by atomic mass is 28.4. The number of amides is 1. The van der Waals surface area contributed by atoms with Gasteiger partial charge in [-0.25, -0.2) is 9.59 Å². The molecule has 0 N–H and O–H groups in total. The summed E-state index contributed by atoms with van der Waals surface area (Å²) in [6, 6.07) is -0.0620. The number of carbonyl (C=O) groups excluding carboxylic acids is 2. The van der Waals surface area contributed by atoms with Crippen molar-refractivity contribution in [2.45, 2.75) is 97.5 Å². The molecule has 0 fully saturated rings. The summed E-state index contributed by atoms with van der Waals surface area (Å²) in [6.07, 6.45) is 1.84. The number of methoxy groups -OCH3 is 1. The zero-order valence-electron chi connectivity index (χ0n) is 19.4. The maximum atomic E-state index is 12.8. The second-order valence-electron chi connectivity index (χ2n) is 10.0. The zero-order chi connectivity index (χ0) is 21.9. The van der Waals surface area contributed by atoms with Gasteiger partial charge < -0.3 is 18.8 Å². The van der Waals surface area contributed by atoms with E-state index >= 15 is 0 Å². The van der Waals surface area contributed by atoms with Crippen molar-refractivity contribution in [3.05, 3.63) is 11.3 Å². The van der Waals surface area contributed by atoms with Crippen molar-refractivity contribution in [1.29, 1.82) is 0 Å². The molecule has 0 aromatic rings. The Labute approximate surface area is 171 Å². The van der Waals surface area contributed by atoms with Gasteiger partial charge in [0, 0.05) is 12.5 Å². The van der Waals surface area contributed by atoms with Crippen LogP contribution in [0.3, 0.4) is 0 Å². The molecule has 1 aliphatic rings. The van der Waals surface area contributed by atoms with Crippen LogP contribution in [-0.4, -0.2) is 50.6 Å². The lowest BCUT2D eigenvalue weighted by atomic mass is 9.97. The highest BCUT2D eigenvalue weighted by Crippen LogP contribution is 2.40. The first-order chi connectivity index (χ1) is 12.6. The molecule has 162 valence electrons. The normalized spacial score (nSPS) is 18.8. The fourth-order valence-corrected chi connectivity index (χ4v) is 3.95. The topological polar surface area (TPSA) is 65.1 Å². The van der Waals surface area contributed by atoms with E-state index in [9.17, 15) is 9.59 Å². The maximum Gasteiger partial charge on any atom is 0.410 e. The van der Waals surface area contributed by atoms with Gasteiger partial charge in [-0.2, -0.15) is 0 Å². The van der Waals surface area contributed by atoms with Gasteiger partial charge in [0.1, 0.15) is 5.60 Å². The molecule has 0 saturated heterocycles. The fourth-order valence-electron chi connectivity index (χ4n) is 2.83. The van der Waals surface area contributed by atoms with E-state index in [0.717, 1.165) is 12.8 Å². The van der Waals surface area contributed by atoms with E-state index in [1.165, 1.54) is 7.11 Å². The van der Waals surface area contributed by atoms with Gasteiger partial charge in [-0.05, 0) is 45.3 Å². The van der Waals surface area contributed by atoms with Crippen LogP contribution < -0.4 is 0 Å². The minimum Gasteiger partial charge on any atom is -0.546 e. The van der Waals surface area contributed by atoms with Crippen molar-refractivity contribution < 1.29 is 23.5 Å². The number of ether oxygens (including phenoxy) is 2. The highest BCUT2D eigenvalue weighted by Gasteiger charge is 2.43. The SMILES string of the molecule is CCC[C@@H]1CC(O[Si](C)(C)C(C)(C)C)=C(C(=O)OC)CN1C(=O)OC(C)(C)C. The minimum atomic E-state index is -2.13. The van der Waals surface area contributed by atoms with Crippen LogP contribution in [0.15, 0.2) is 11.3 Å². The summed E-state index contributed by atoms with van der Waals surface area (Å²) >= 11 is 0. The summed E-state index contributed by atoms with van der Waals surface area (Å²) in [5, 5.41) is 0.00375. The summed E-state index contributed by atoms with van der Waals surface area (Å²) in [5.41, 5.74) is -0.175. The molecule has 28 heavy (non-hydrogen) atoms. The maximum absolute atomic E-state index is 12.8. The van der Waals surface area contributed by atoms with E-state index in [2.05, 4.69) is 40.8 Å². The molecule has 6 nitrogen and oxygen atoms in total. The molecule has 0 aromatic heterocycles. The Morgan fingerprint density at radius 1 is 1.14 bits per heavy atom. The Hall–Kier alpha value is -1.50. The molecule has 0 unspecified atom stereocenters. The van der Waals surface area contributed by atoms with Crippen LogP contribution >= 0.6 is 0 Å². The second-order valence-corrected chi connectivity index (χ2v) is 14.7. The van der Waals surface area contributed by atoms with Crippen LogP contribution in [0.2, 0.25) is 18.1 Å². The third-order valence-corrected chi connectivity index (χ3v) is 9.76. The van der Waals surface area contributed by atoms with Crippen molar-refractivity contribution in [3.8, 4) is 0 Å². The Kier molecular flexibility index (Phi) is 7.79. The van der Waals surface area contributed by atoms with E-state index in [0.29, 0.717) is 17.8 Å². The van der Waals surface area contributed by atoms with Crippen molar-refractivity contribution in [2.75, 3.05) is 13.7 Å². The Bertz CT molecular complexity index is 613.